The van der Waals surface area contributed by atoms with Crippen molar-refractivity contribution in [3.05, 3.63) is 29.8 Å². The predicted molar refractivity (Wildman–Crippen MR) is 131 cm³/mol. The minimum Gasteiger partial charge on any atom is -0.463 e. The van der Waals surface area contributed by atoms with Gasteiger partial charge in [0.25, 0.3) is 0 Å². The molecule has 33 heavy (non-hydrogen) atoms. The Kier molecular flexibility index (Phi) is 11.9. The average molecular weight is 476 g/mol. The molecule has 0 saturated heterocycles. The van der Waals surface area contributed by atoms with E-state index in [-0.39, 0.29) is 31.9 Å². The van der Waals surface area contributed by atoms with Crippen LogP contribution in [0.2, 0.25) is 0 Å². The first-order valence-electron chi connectivity index (χ1n) is 10.6. The Labute approximate surface area is 201 Å². The summed E-state index contributed by atoms with van der Waals surface area (Å²) in [7, 11) is 7.36. The number of anilines is 1. The Balaban J connectivity index is 2.82. The number of hydrogen-bond donors (Lipinski definition) is 0. The molecule has 0 N–H and O–H groups in total. The second kappa shape index (κ2) is 14.1. The van der Waals surface area contributed by atoms with Crippen molar-refractivity contribution in [2.45, 2.75) is 25.8 Å². The molecule has 0 aromatic heterocycles. The molecule has 1 amide bonds. The number of nitrogens with zero attached hydrogens (tertiary/aromatic N) is 5. The van der Waals surface area contributed by atoms with Crippen LogP contribution in [-0.4, -0.2) is 98.4 Å². The Morgan fingerprint density at radius 1 is 1.09 bits per heavy atom. The zero-order valence-electron chi connectivity index (χ0n) is 20.0. The van der Waals surface area contributed by atoms with E-state index in [0.29, 0.717) is 29.5 Å². The van der Waals surface area contributed by atoms with E-state index < -0.39 is 12.0 Å². The van der Waals surface area contributed by atoms with Crippen LogP contribution in [0.15, 0.2) is 24.3 Å². The molecule has 1 atom stereocenters. The number of benzene rings is 1. The molecule has 9 nitrogen and oxygen atoms in total. The normalized spacial score (nSPS) is 11.0. The maximum absolute atomic E-state index is 12.7. The fourth-order valence-electron chi connectivity index (χ4n) is 3.00. The van der Waals surface area contributed by atoms with Crippen LogP contribution in [0.1, 0.15) is 30.1 Å². The molecule has 10 heteroatoms. The smallest absolute Gasteiger partial charge is 0.328 e. The van der Waals surface area contributed by atoms with Gasteiger partial charge in [0.05, 0.1) is 12.5 Å². The Morgan fingerprint density at radius 2 is 1.70 bits per heavy atom. The van der Waals surface area contributed by atoms with Crippen molar-refractivity contribution in [1.29, 1.82) is 5.26 Å². The molecule has 1 aromatic rings. The highest BCUT2D eigenvalue weighted by molar-refractivity contribution is 7.80. The summed E-state index contributed by atoms with van der Waals surface area (Å²) < 4.78 is 5.18. The first kappa shape index (κ1) is 27.8. The van der Waals surface area contributed by atoms with E-state index in [1.807, 2.05) is 37.0 Å². The molecular formula is C23H33N5O4S. The molecule has 1 aromatic carbocycles. The number of nitriles is 1. The van der Waals surface area contributed by atoms with E-state index in [2.05, 4.69) is 0 Å². The van der Waals surface area contributed by atoms with E-state index >= 15 is 0 Å². The van der Waals surface area contributed by atoms with Gasteiger partial charge in [-0.3, -0.25) is 9.59 Å². The molecule has 0 aliphatic heterocycles. The highest BCUT2D eigenvalue weighted by Crippen LogP contribution is 2.19. The van der Waals surface area contributed by atoms with Gasteiger partial charge in [-0.1, -0.05) is 0 Å². The van der Waals surface area contributed by atoms with Gasteiger partial charge in [-0.05, 0) is 43.4 Å². The van der Waals surface area contributed by atoms with Crippen molar-refractivity contribution >= 4 is 41.2 Å². The fraction of sp³-hybridized carbons (Fsp3) is 0.522. The van der Waals surface area contributed by atoms with E-state index in [0.717, 1.165) is 6.29 Å². The number of carbonyl (C=O) groups excluding carboxylic acids is 3. The van der Waals surface area contributed by atoms with Crippen molar-refractivity contribution in [2.75, 3.05) is 59.3 Å². The summed E-state index contributed by atoms with van der Waals surface area (Å²) >= 11 is 5.33. The number of esters is 1. The fourth-order valence-corrected chi connectivity index (χ4v) is 3.10. The number of hydrogen-bond acceptors (Lipinski definition) is 7. The standard InChI is InChI=1S/C23H33N5O4S/c1-18(22(31)32-16-6-12-24)28(20-9-7-19(17-29)8-10-20)13-11-21(30)26(4)14-15-27(5)23(33)25(2)3/h7-10,17-18H,6,11,13-16H2,1-5H3. The lowest BCUT2D eigenvalue weighted by atomic mass is 10.1. The molecule has 0 radical (unpaired) electrons. The van der Waals surface area contributed by atoms with Crippen LogP contribution < -0.4 is 4.90 Å². The second-order valence-corrected chi connectivity index (χ2v) is 8.18. The first-order valence-corrected chi connectivity index (χ1v) is 11.0. The topological polar surface area (TPSA) is 97.2 Å². The van der Waals surface area contributed by atoms with Crippen LogP contribution in [0, 0.1) is 11.3 Å². The number of thiocarbonyl (C=S) groups is 1. The maximum atomic E-state index is 12.7. The molecule has 0 fully saturated rings. The zero-order valence-corrected chi connectivity index (χ0v) is 20.8. The van der Waals surface area contributed by atoms with Gasteiger partial charge in [0.2, 0.25) is 5.91 Å². The summed E-state index contributed by atoms with van der Waals surface area (Å²) in [6.07, 6.45) is 1.04. The van der Waals surface area contributed by atoms with Crippen LogP contribution in [0.4, 0.5) is 5.69 Å². The SMILES string of the molecule is CC(C(=O)OCCC#N)N(CCC(=O)N(C)CCN(C)C(=S)N(C)C)c1ccc(C=O)cc1. The minimum atomic E-state index is -0.674. The molecule has 0 aliphatic rings. The van der Waals surface area contributed by atoms with Crippen LogP contribution in [-0.2, 0) is 14.3 Å². The van der Waals surface area contributed by atoms with E-state index in [1.54, 1.807) is 48.0 Å². The Bertz CT molecular complexity index is 853. The lowest BCUT2D eigenvalue weighted by molar-refractivity contribution is -0.144. The van der Waals surface area contributed by atoms with Crippen LogP contribution in [0.3, 0.4) is 0 Å². The number of carbonyl (C=O) groups is 3. The number of likely N-dealkylation sites (N-methyl/N-ethyl adjacent to an activating group) is 2. The number of ether oxygens (including phenoxy) is 1. The van der Waals surface area contributed by atoms with Gasteiger partial charge < -0.3 is 24.3 Å². The lowest BCUT2D eigenvalue weighted by Gasteiger charge is -2.31. The summed E-state index contributed by atoms with van der Waals surface area (Å²) in [6.45, 7) is 3.08. The van der Waals surface area contributed by atoms with Gasteiger partial charge in [-0.15, -0.1) is 0 Å². The molecule has 0 heterocycles. The molecule has 0 saturated carbocycles. The monoisotopic (exact) mass is 475 g/mol. The third-order valence-electron chi connectivity index (χ3n) is 5.10. The molecule has 180 valence electrons. The first-order chi connectivity index (χ1) is 15.6. The van der Waals surface area contributed by atoms with Crippen LogP contribution >= 0.6 is 12.2 Å². The highest BCUT2D eigenvalue weighted by Gasteiger charge is 2.24. The third kappa shape index (κ3) is 9.06. The van der Waals surface area contributed by atoms with E-state index in [9.17, 15) is 14.4 Å². The maximum Gasteiger partial charge on any atom is 0.328 e. The van der Waals surface area contributed by atoms with Gasteiger partial charge in [0.1, 0.15) is 18.9 Å². The van der Waals surface area contributed by atoms with Gasteiger partial charge in [0, 0.05) is 65.5 Å². The largest absolute Gasteiger partial charge is 0.463 e. The van der Waals surface area contributed by atoms with Crippen molar-refractivity contribution < 1.29 is 19.1 Å². The van der Waals surface area contributed by atoms with E-state index in [1.165, 1.54) is 0 Å². The van der Waals surface area contributed by atoms with Gasteiger partial charge >= 0.3 is 5.97 Å². The zero-order chi connectivity index (χ0) is 25.0. The third-order valence-corrected chi connectivity index (χ3v) is 5.78. The molecular weight excluding hydrogens is 442 g/mol. The summed E-state index contributed by atoms with van der Waals surface area (Å²) in [5.74, 6) is -0.553. The number of rotatable bonds is 12. The predicted octanol–water partition coefficient (Wildman–Crippen LogP) is 1.78. The van der Waals surface area contributed by atoms with Crippen molar-refractivity contribution in [3.63, 3.8) is 0 Å². The summed E-state index contributed by atoms with van der Waals surface area (Å²) in [4.78, 5) is 43.3. The minimum absolute atomic E-state index is 0.0155. The quantitative estimate of drug-likeness (QED) is 0.194. The van der Waals surface area contributed by atoms with E-state index in [4.69, 9.17) is 22.2 Å². The van der Waals surface area contributed by atoms with Gasteiger partial charge in [-0.25, -0.2) is 4.79 Å². The van der Waals surface area contributed by atoms with Crippen LogP contribution in [0.5, 0.6) is 0 Å². The summed E-state index contributed by atoms with van der Waals surface area (Å²) in [6, 6.07) is 8.03. The number of amides is 1. The van der Waals surface area contributed by atoms with Crippen LogP contribution in [0.25, 0.3) is 0 Å². The van der Waals surface area contributed by atoms with Crippen molar-refractivity contribution in [2.24, 2.45) is 0 Å². The summed E-state index contributed by atoms with van der Waals surface area (Å²) in [5.41, 5.74) is 1.20. The van der Waals surface area contributed by atoms with Gasteiger partial charge in [0.15, 0.2) is 5.11 Å². The summed E-state index contributed by atoms with van der Waals surface area (Å²) in [5, 5.41) is 9.34. The molecule has 1 unspecified atom stereocenters. The molecule has 1 rings (SSSR count). The number of aldehydes is 1. The average Bonchev–Trinajstić information content (AvgIpc) is 2.81. The highest BCUT2D eigenvalue weighted by atomic mass is 32.1. The Hall–Kier alpha value is -3.19. The second-order valence-electron chi connectivity index (χ2n) is 7.82. The molecule has 0 bridgehead atoms. The Morgan fingerprint density at radius 3 is 2.24 bits per heavy atom. The van der Waals surface area contributed by atoms with Crippen molar-refractivity contribution in [3.8, 4) is 6.07 Å². The van der Waals surface area contributed by atoms with Gasteiger partial charge in [-0.2, -0.15) is 5.26 Å². The molecule has 0 spiro atoms. The lowest BCUT2D eigenvalue weighted by Crippen LogP contribution is -2.44. The molecule has 0 aliphatic carbocycles. The van der Waals surface area contributed by atoms with Crippen molar-refractivity contribution in [1.82, 2.24) is 14.7 Å².